The lowest BCUT2D eigenvalue weighted by atomic mass is 9.99. The van der Waals surface area contributed by atoms with Gasteiger partial charge in [0, 0.05) is 4.88 Å². The van der Waals surface area contributed by atoms with Crippen LogP contribution >= 0.6 is 11.3 Å². The monoisotopic (exact) mass is 300 g/mol. The van der Waals surface area contributed by atoms with Crippen LogP contribution in [-0.4, -0.2) is 12.0 Å². The molecule has 0 amide bonds. The molecule has 1 aliphatic rings. The van der Waals surface area contributed by atoms with E-state index in [0.29, 0.717) is 5.92 Å². The number of hydrogen-bond acceptors (Lipinski definition) is 3. The van der Waals surface area contributed by atoms with Crippen LogP contribution < -0.4 is 5.32 Å². The molecule has 0 saturated carbocycles. The molecule has 0 spiro atoms. The number of fused-ring (bicyclic) bond motifs is 1. The Bertz CT molecular complexity index is 575. The van der Waals surface area contributed by atoms with Crippen molar-refractivity contribution in [3.8, 4) is 0 Å². The van der Waals surface area contributed by atoms with Gasteiger partial charge in [0.1, 0.15) is 5.01 Å². The van der Waals surface area contributed by atoms with Gasteiger partial charge in [-0.15, -0.1) is 11.3 Å². The van der Waals surface area contributed by atoms with E-state index in [2.05, 4.69) is 43.4 Å². The third-order valence-corrected chi connectivity index (χ3v) is 5.56. The summed E-state index contributed by atoms with van der Waals surface area (Å²) in [5, 5.41) is 4.66. The van der Waals surface area contributed by atoms with Crippen LogP contribution in [0.25, 0.3) is 0 Å². The zero-order chi connectivity index (χ0) is 14.8. The van der Waals surface area contributed by atoms with Gasteiger partial charge in [0.2, 0.25) is 0 Å². The Morgan fingerprint density at radius 2 is 1.71 bits per heavy atom. The molecule has 112 valence electrons. The lowest BCUT2D eigenvalue weighted by Gasteiger charge is -2.15. The molecule has 0 bridgehead atoms. The summed E-state index contributed by atoms with van der Waals surface area (Å²) in [5.74, 6) is 0.583. The summed E-state index contributed by atoms with van der Waals surface area (Å²) in [5.41, 5.74) is 4.06. The molecule has 1 aromatic heterocycles. The van der Waals surface area contributed by atoms with Crippen molar-refractivity contribution in [2.24, 2.45) is 0 Å². The van der Waals surface area contributed by atoms with E-state index >= 15 is 0 Å². The Kier molecular flexibility index (Phi) is 4.41. The van der Waals surface area contributed by atoms with E-state index in [4.69, 9.17) is 4.98 Å². The predicted molar refractivity (Wildman–Crippen MR) is 90.2 cm³/mol. The zero-order valence-corrected chi connectivity index (χ0v) is 14.0. The first-order chi connectivity index (χ1) is 10.2. The number of rotatable bonds is 4. The number of thiazole rings is 1. The third kappa shape index (κ3) is 3.04. The maximum absolute atomic E-state index is 4.91. The topological polar surface area (TPSA) is 24.9 Å². The number of nitrogens with zero attached hydrogens (tertiary/aromatic N) is 1. The van der Waals surface area contributed by atoms with Crippen molar-refractivity contribution in [1.82, 2.24) is 10.3 Å². The van der Waals surface area contributed by atoms with Gasteiger partial charge in [0.05, 0.1) is 11.7 Å². The molecule has 3 rings (SSSR count). The summed E-state index contributed by atoms with van der Waals surface area (Å²) in [6.45, 7) is 4.47. The van der Waals surface area contributed by atoms with Crippen molar-refractivity contribution >= 4 is 11.3 Å². The number of aryl methyl sites for hydroxylation is 2. The zero-order valence-electron chi connectivity index (χ0n) is 13.1. The van der Waals surface area contributed by atoms with Gasteiger partial charge in [0.15, 0.2) is 0 Å². The first kappa shape index (κ1) is 14.7. The molecule has 1 N–H and O–H groups in total. The van der Waals surface area contributed by atoms with Gasteiger partial charge in [-0.3, -0.25) is 0 Å². The smallest absolute Gasteiger partial charge is 0.115 e. The normalized spacial score (nSPS) is 16.0. The van der Waals surface area contributed by atoms with Crippen LogP contribution in [0.3, 0.4) is 0 Å². The molecule has 0 fully saturated rings. The van der Waals surface area contributed by atoms with Crippen LogP contribution in [0, 0.1) is 0 Å². The summed E-state index contributed by atoms with van der Waals surface area (Å²) in [4.78, 5) is 6.42. The molecule has 2 nitrogen and oxygen atoms in total. The van der Waals surface area contributed by atoms with Gasteiger partial charge in [-0.2, -0.15) is 0 Å². The number of benzene rings is 1. The van der Waals surface area contributed by atoms with Crippen molar-refractivity contribution in [3.63, 3.8) is 0 Å². The molecule has 1 unspecified atom stereocenters. The SMILES string of the molecule is CNC(c1ccc(C(C)C)cc1)c1nc2c(s1)CCCC2. The molecule has 1 aliphatic carbocycles. The van der Waals surface area contributed by atoms with Crippen LogP contribution in [0.2, 0.25) is 0 Å². The molecule has 0 saturated heterocycles. The van der Waals surface area contributed by atoms with Gasteiger partial charge in [-0.25, -0.2) is 4.98 Å². The number of nitrogens with one attached hydrogen (secondary N) is 1. The summed E-state index contributed by atoms with van der Waals surface area (Å²) in [7, 11) is 2.03. The first-order valence-corrected chi connectivity index (χ1v) is 8.76. The van der Waals surface area contributed by atoms with Crippen LogP contribution in [0.15, 0.2) is 24.3 Å². The van der Waals surface area contributed by atoms with E-state index in [-0.39, 0.29) is 6.04 Å². The third-order valence-electron chi connectivity index (χ3n) is 4.33. The Morgan fingerprint density at radius 1 is 1.05 bits per heavy atom. The van der Waals surface area contributed by atoms with Crippen molar-refractivity contribution in [3.05, 3.63) is 51.0 Å². The van der Waals surface area contributed by atoms with Gasteiger partial charge in [-0.1, -0.05) is 38.1 Å². The Labute approximate surface area is 131 Å². The minimum atomic E-state index is 0.224. The maximum Gasteiger partial charge on any atom is 0.115 e. The molecule has 3 heteroatoms. The summed E-state index contributed by atoms with van der Waals surface area (Å²) >= 11 is 1.90. The van der Waals surface area contributed by atoms with E-state index in [0.717, 1.165) is 6.42 Å². The fraction of sp³-hybridized carbons (Fsp3) is 0.500. The van der Waals surface area contributed by atoms with Crippen LogP contribution in [0.5, 0.6) is 0 Å². The largest absolute Gasteiger partial charge is 0.307 e. The van der Waals surface area contributed by atoms with Crippen LogP contribution in [0.4, 0.5) is 0 Å². The molecule has 21 heavy (non-hydrogen) atoms. The van der Waals surface area contributed by atoms with Crippen molar-refractivity contribution in [2.75, 3.05) is 7.05 Å². The number of hydrogen-bond donors (Lipinski definition) is 1. The lowest BCUT2D eigenvalue weighted by Crippen LogP contribution is -2.17. The molecule has 1 aromatic carbocycles. The van der Waals surface area contributed by atoms with Crippen LogP contribution in [0.1, 0.15) is 65.4 Å². The highest BCUT2D eigenvalue weighted by Crippen LogP contribution is 2.32. The molecule has 1 heterocycles. The Balaban J connectivity index is 1.88. The molecule has 0 radical (unpaired) electrons. The summed E-state index contributed by atoms with van der Waals surface area (Å²) in [6, 6.07) is 9.21. The molecular formula is C18H24N2S. The number of aromatic nitrogens is 1. The second-order valence-corrected chi connectivity index (χ2v) is 7.29. The van der Waals surface area contributed by atoms with E-state index in [1.54, 1.807) is 0 Å². The lowest BCUT2D eigenvalue weighted by molar-refractivity contribution is 0.661. The Hall–Kier alpha value is -1.19. The van der Waals surface area contributed by atoms with Crippen LogP contribution in [-0.2, 0) is 12.8 Å². The molecule has 0 aliphatic heterocycles. The fourth-order valence-corrected chi connectivity index (χ4v) is 4.29. The van der Waals surface area contributed by atoms with E-state index in [1.165, 1.54) is 46.0 Å². The quantitative estimate of drug-likeness (QED) is 0.902. The van der Waals surface area contributed by atoms with Gasteiger partial charge >= 0.3 is 0 Å². The maximum atomic E-state index is 4.91. The highest BCUT2D eigenvalue weighted by Gasteiger charge is 2.21. The average molecular weight is 300 g/mol. The van der Waals surface area contributed by atoms with Crippen molar-refractivity contribution in [1.29, 1.82) is 0 Å². The highest BCUT2D eigenvalue weighted by molar-refractivity contribution is 7.11. The Morgan fingerprint density at radius 3 is 2.33 bits per heavy atom. The van der Waals surface area contributed by atoms with Crippen molar-refractivity contribution < 1.29 is 0 Å². The summed E-state index contributed by atoms with van der Waals surface area (Å²) in [6.07, 6.45) is 5.00. The predicted octanol–water partition coefficient (Wildman–Crippen LogP) is 4.45. The molecular weight excluding hydrogens is 276 g/mol. The second-order valence-electron chi connectivity index (χ2n) is 6.17. The fourth-order valence-electron chi connectivity index (χ4n) is 3.00. The summed E-state index contributed by atoms with van der Waals surface area (Å²) < 4.78 is 0. The van der Waals surface area contributed by atoms with E-state index in [9.17, 15) is 0 Å². The standard InChI is InChI=1S/C18H24N2S/c1-12(2)13-8-10-14(11-9-13)17(19-3)18-20-15-6-4-5-7-16(15)21-18/h8-12,17,19H,4-7H2,1-3H3. The second kappa shape index (κ2) is 6.29. The highest BCUT2D eigenvalue weighted by atomic mass is 32.1. The molecule has 2 aromatic rings. The van der Waals surface area contributed by atoms with Gasteiger partial charge in [-0.05, 0) is 49.8 Å². The van der Waals surface area contributed by atoms with Gasteiger partial charge < -0.3 is 5.32 Å². The van der Waals surface area contributed by atoms with E-state index in [1.807, 2.05) is 18.4 Å². The van der Waals surface area contributed by atoms with E-state index < -0.39 is 0 Å². The minimum absolute atomic E-state index is 0.224. The minimum Gasteiger partial charge on any atom is -0.307 e. The van der Waals surface area contributed by atoms with Crippen molar-refractivity contribution in [2.45, 2.75) is 51.5 Å². The molecule has 1 atom stereocenters. The average Bonchev–Trinajstić information content (AvgIpc) is 2.92. The first-order valence-electron chi connectivity index (χ1n) is 7.94. The van der Waals surface area contributed by atoms with Gasteiger partial charge in [0.25, 0.3) is 0 Å².